The molecule has 5 nitrogen and oxygen atoms in total. The summed E-state index contributed by atoms with van der Waals surface area (Å²) in [6.45, 7) is 0. The first kappa shape index (κ1) is 13.6. The van der Waals surface area contributed by atoms with E-state index in [1.54, 1.807) is 18.4 Å². The maximum absolute atomic E-state index is 11.6. The summed E-state index contributed by atoms with van der Waals surface area (Å²) in [7, 11) is 1.36. The predicted octanol–water partition coefficient (Wildman–Crippen LogP) is 2.73. The number of carbonyl (C=O) groups is 1. The van der Waals surface area contributed by atoms with Gasteiger partial charge in [0.25, 0.3) is 0 Å². The topological polar surface area (TPSA) is 61.0 Å². The minimum absolute atomic E-state index is 0.126. The lowest BCUT2D eigenvalue weighted by Gasteiger charge is -2.12. The van der Waals surface area contributed by atoms with Gasteiger partial charge in [-0.05, 0) is 17.7 Å². The van der Waals surface area contributed by atoms with E-state index in [9.17, 15) is 4.79 Å². The van der Waals surface area contributed by atoms with E-state index in [-0.39, 0.29) is 12.4 Å². The van der Waals surface area contributed by atoms with Gasteiger partial charge in [-0.25, -0.2) is 4.99 Å². The smallest absolute Gasteiger partial charge is 0.308 e. The zero-order chi connectivity index (χ0) is 14.7. The molecule has 0 fully saturated rings. The third-order valence-corrected chi connectivity index (χ3v) is 3.29. The van der Waals surface area contributed by atoms with Crippen LogP contribution in [0.25, 0.3) is 0 Å². The standard InChI is InChI=1S/C16H15NO4/c1-19-14(18)10-13-15(11-6-3-2-4-7-11)17-16(21-13)12-8-5-9-20-12/h2-9,13,16H,10H2,1H3. The molecule has 21 heavy (non-hydrogen) atoms. The molecule has 5 heteroatoms. The van der Waals surface area contributed by atoms with Gasteiger partial charge in [0.15, 0.2) is 5.76 Å². The molecule has 0 saturated carbocycles. The highest BCUT2D eigenvalue weighted by Gasteiger charge is 2.33. The van der Waals surface area contributed by atoms with Crippen LogP contribution in [0.2, 0.25) is 0 Å². The van der Waals surface area contributed by atoms with Gasteiger partial charge in [0.1, 0.15) is 6.10 Å². The van der Waals surface area contributed by atoms with Crippen LogP contribution in [0.3, 0.4) is 0 Å². The van der Waals surface area contributed by atoms with Gasteiger partial charge < -0.3 is 13.9 Å². The quantitative estimate of drug-likeness (QED) is 0.810. The van der Waals surface area contributed by atoms with Crippen LogP contribution in [-0.2, 0) is 14.3 Å². The molecule has 0 N–H and O–H groups in total. The van der Waals surface area contributed by atoms with Crippen molar-refractivity contribution in [1.82, 2.24) is 0 Å². The lowest BCUT2D eigenvalue weighted by atomic mass is 10.0. The Labute approximate surface area is 122 Å². The van der Waals surface area contributed by atoms with E-state index in [1.165, 1.54) is 7.11 Å². The van der Waals surface area contributed by atoms with E-state index in [1.807, 2.05) is 30.3 Å². The van der Waals surface area contributed by atoms with Crippen molar-refractivity contribution in [1.29, 1.82) is 0 Å². The molecule has 0 spiro atoms. The van der Waals surface area contributed by atoms with Gasteiger partial charge in [-0.15, -0.1) is 0 Å². The normalized spacial score (nSPS) is 21.1. The number of benzene rings is 1. The third-order valence-electron chi connectivity index (χ3n) is 3.29. The Hall–Kier alpha value is -2.40. The largest absolute Gasteiger partial charge is 0.469 e. The average molecular weight is 285 g/mol. The van der Waals surface area contributed by atoms with Crippen LogP contribution in [0.15, 0.2) is 58.1 Å². The second-order valence-electron chi connectivity index (χ2n) is 4.65. The molecule has 0 aliphatic carbocycles. The zero-order valence-corrected chi connectivity index (χ0v) is 11.6. The molecule has 2 heterocycles. The molecule has 1 aromatic heterocycles. The fraction of sp³-hybridized carbons (Fsp3) is 0.250. The summed E-state index contributed by atoms with van der Waals surface area (Å²) in [5.41, 5.74) is 1.67. The maximum atomic E-state index is 11.6. The Morgan fingerprint density at radius 3 is 2.71 bits per heavy atom. The molecular weight excluding hydrogens is 270 g/mol. The SMILES string of the molecule is COC(=O)CC1OC(c2ccco2)N=C1c1ccccc1. The molecule has 3 rings (SSSR count). The highest BCUT2D eigenvalue weighted by atomic mass is 16.5. The summed E-state index contributed by atoms with van der Waals surface area (Å²) < 4.78 is 15.9. The van der Waals surface area contributed by atoms with E-state index >= 15 is 0 Å². The van der Waals surface area contributed by atoms with Crippen molar-refractivity contribution in [2.24, 2.45) is 4.99 Å². The number of hydrogen-bond donors (Lipinski definition) is 0. The second kappa shape index (κ2) is 5.93. The molecule has 1 aliphatic heterocycles. The molecule has 0 bridgehead atoms. The van der Waals surface area contributed by atoms with Crippen LogP contribution in [-0.4, -0.2) is 24.9 Å². The minimum Gasteiger partial charge on any atom is -0.469 e. The molecule has 2 atom stereocenters. The second-order valence-corrected chi connectivity index (χ2v) is 4.65. The van der Waals surface area contributed by atoms with Gasteiger partial charge in [0.2, 0.25) is 6.23 Å². The van der Waals surface area contributed by atoms with Gasteiger partial charge in [-0.1, -0.05) is 30.3 Å². The third kappa shape index (κ3) is 2.87. The van der Waals surface area contributed by atoms with Gasteiger partial charge >= 0.3 is 5.97 Å². The molecule has 1 aliphatic rings. The molecule has 0 radical (unpaired) electrons. The highest BCUT2D eigenvalue weighted by molar-refractivity contribution is 6.06. The predicted molar refractivity (Wildman–Crippen MR) is 75.9 cm³/mol. The molecule has 0 saturated heterocycles. The number of nitrogens with zero attached hydrogens (tertiary/aromatic N) is 1. The van der Waals surface area contributed by atoms with Crippen molar-refractivity contribution >= 4 is 11.7 Å². The highest BCUT2D eigenvalue weighted by Crippen LogP contribution is 2.31. The summed E-state index contributed by atoms with van der Waals surface area (Å²) >= 11 is 0. The first-order valence-electron chi connectivity index (χ1n) is 6.66. The molecular formula is C16H15NO4. The van der Waals surface area contributed by atoms with E-state index < -0.39 is 12.3 Å². The Morgan fingerprint density at radius 2 is 2.05 bits per heavy atom. The van der Waals surface area contributed by atoms with Crippen LogP contribution >= 0.6 is 0 Å². The summed E-state index contributed by atoms with van der Waals surface area (Å²) in [6.07, 6.45) is 0.741. The van der Waals surface area contributed by atoms with Gasteiger partial charge in [0.05, 0.1) is 25.5 Å². The molecule has 1 aromatic carbocycles. The fourth-order valence-corrected chi connectivity index (χ4v) is 2.27. The number of carbonyl (C=O) groups excluding carboxylic acids is 1. The lowest BCUT2D eigenvalue weighted by Crippen LogP contribution is -2.24. The summed E-state index contributed by atoms with van der Waals surface area (Å²) in [4.78, 5) is 16.1. The van der Waals surface area contributed by atoms with E-state index in [0.29, 0.717) is 5.76 Å². The van der Waals surface area contributed by atoms with Crippen LogP contribution < -0.4 is 0 Å². The monoisotopic (exact) mass is 285 g/mol. The number of hydrogen-bond acceptors (Lipinski definition) is 5. The Bertz CT molecular complexity index is 634. The first-order chi connectivity index (χ1) is 10.3. The number of esters is 1. The maximum Gasteiger partial charge on any atom is 0.308 e. The minimum atomic E-state index is -0.523. The van der Waals surface area contributed by atoms with Crippen LogP contribution in [0.1, 0.15) is 24.0 Å². The van der Waals surface area contributed by atoms with Crippen molar-refractivity contribution in [3.8, 4) is 0 Å². The number of methoxy groups -OCH3 is 1. The van der Waals surface area contributed by atoms with Crippen molar-refractivity contribution in [2.45, 2.75) is 18.8 Å². The van der Waals surface area contributed by atoms with Crippen molar-refractivity contribution in [3.63, 3.8) is 0 Å². The van der Waals surface area contributed by atoms with Crippen molar-refractivity contribution < 1.29 is 18.7 Å². The fourth-order valence-electron chi connectivity index (χ4n) is 2.27. The van der Waals surface area contributed by atoms with Crippen LogP contribution in [0, 0.1) is 0 Å². The van der Waals surface area contributed by atoms with E-state index in [4.69, 9.17) is 13.9 Å². The Balaban J connectivity index is 1.90. The number of furan rings is 1. The lowest BCUT2D eigenvalue weighted by molar-refractivity contribution is -0.143. The molecule has 2 unspecified atom stereocenters. The van der Waals surface area contributed by atoms with E-state index in [0.717, 1.165) is 11.3 Å². The number of rotatable bonds is 4. The van der Waals surface area contributed by atoms with Crippen LogP contribution in [0.4, 0.5) is 0 Å². The summed E-state index contributed by atoms with van der Waals surface area (Å²) in [6, 6.07) is 13.2. The Kier molecular flexibility index (Phi) is 3.83. The van der Waals surface area contributed by atoms with Gasteiger partial charge in [0, 0.05) is 0 Å². The Morgan fingerprint density at radius 1 is 1.24 bits per heavy atom. The van der Waals surface area contributed by atoms with E-state index in [2.05, 4.69) is 4.99 Å². The molecule has 0 amide bonds. The summed E-state index contributed by atoms with van der Waals surface area (Å²) in [5, 5.41) is 0. The van der Waals surface area contributed by atoms with Gasteiger partial charge in [-0.2, -0.15) is 0 Å². The number of ether oxygens (including phenoxy) is 2. The molecule has 108 valence electrons. The molecule has 2 aromatic rings. The summed E-state index contributed by atoms with van der Waals surface area (Å²) in [5.74, 6) is 0.291. The first-order valence-corrected chi connectivity index (χ1v) is 6.66. The zero-order valence-electron chi connectivity index (χ0n) is 11.6. The van der Waals surface area contributed by atoms with Crippen LogP contribution in [0.5, 0.6) is 0 Å². The van der Waals surface area contributed by atoms with Gasteiger partial charge in [-0.3, -0.25) is 4.79 Å². The number of aliphatic imine (C=N–C) groups is 1. The van der Waals surface area contributed by atoms with Crippen molar-refractivity contribution in [2.75, 3.05) is 7.11 Å². The average Bonchev–Trinajstić information content (AvgIpc) is 3.17. The van der Waals surface area contributed by atoms with Crippen molar-refractivity contribution in [3.05, 3.63) is 60.1 Å².